The molecular weight excluding hydrogens is 296 g/mol. The summed E-state index contributed by atoms with van der Waals surface area (Å²) >= 11 is 1.85. The van der Waals surface area contributed by atoms with E-state index < -0.39 is 24.2 Å². The Hall–Kier alpha value is 1.53. The summed E-state index contributed by atoms with van der Waals surface area (Å²) in [4.78, 5) is 0. The Bertz CT molecular complexity index is 169. The summed E-state index contributed by atoms with van der Waals surface area (Å²) < 4.78 is 0.819. The molecule has 0 fully saturated rings. The minimum absolute atomic E-state index is 0.819. The molecule has 0 rings (SSSR count). The molecule has 0 radical (unpaired) electrons. The molecule has 0 aromatic rings. The first-order chi connectivity index (χ1) is 5.75. The van der Waals surface area contributed by atoms with Crippen LogP contribution < -0.4 is 0 Å². The van der Waals surface area contributed by atoms with Crippen molar-refractivity contribution in [2.75, 3.05) is 0 Å². The van der Waals surface area contributed by atoms with Crippen molar-refractivity contribution in [3.8, 4) is 0 Å². The van der Waals surface area contributed by atoms with Crippen molar-refractivity contribution >= 4 is 24.2 Å². The van der Waals surface area contributed by atoms with E-state index in [0.717, 1.165) is 1.99 Å². The molecular formula is C10H27Si3Zr. The van der Waals surface area contributed by atoms with E-state index in [4.69, 9.17) is 0 Å². The van der Waals surface area contributed by atoms with E-state index in [1.165, 1.54) is 0 Å². The summed E-state index contributed by atoms with van der Waals surface area (Å²) in [5.74, 6) is 0. The van der Waals surface area contributed by atoms with E-state index in [0.29, 0.717) is 0 Å². The molecule has 0 aliphatic carbocycles. The van der Waals surface area contributed by atoms with Gasteiger partial charge in [-0.15, -0.1) is 0 Å². The number of hydrogen-bond acceptors (Lipinski definition) is 0. The van der Waals surface area contributed by atoms with Crippen LogP contribution in [0.15, 0.2) is 0 Å². The first kappa shape index (κ1) is 15.5. The summed E-state index contributed by atoms with van der Waals surface area (Å²) in [6.45, 7) is 23.4. The van der Waals surface area contributed by atoms with Gasteiger partial charge in [0.25, 0.3) is 0 Å². The van der Waals surface area contributed by atoms with Gasteiger partial charge in [-0.1, -0.05) is 0 Å². The molecule has 0 aliphatic heterocycles. The zero-order valence-electron chi connectivity index (χ0n) is 11.5. The monoisotopic (exact) mass is 321 g/mol. The molecule has 0 saturated carbocycles. The normalized spacial score (nSPS) is 15.7. The second-order valence-corrected chi connectivity index (χ2v) is 30.3. The molecule has 0 N–H and O–H groups in total. The van der Waals surface area contributed by atoms with Crippen LogP contribution in [-0.2, 0) is 24.7 Å². The third-order valence-electron chi connectivity index (χ3n) is 3.38. The molecule has 83 valence electrons. The summed E-state index contributed by atoms with van der Waals surface area (Å²) in [5.41, 5.74) is 0. The van der Waals surface area contributed by atoms with Gasteiger partial charge in [-0.2, -0.15) is 0 Å². The molecule has 0 aromatic carbocycles. The van der Waals surface area contributed by atoms with Crippen molar-refractivity contribution in [3.05, 3.63) is 0 Å². The fourth-order valence-corrected chi connectivity index (χ4v) is 30.4. The quantitative estimate of drug-likeness (QED) is 0.679. The summed E-state index contributed by atoms with van der Waals surface area (Å²) in [6, 6.07) is 0. The Morgan fingerprint density at radius 3 is 0.714 bits per heavy atom. The molecule has 0 amide bonds. The van der Waals surface area contributed by atoms with E-state index in [1.54, 1.807) is 0 Å². The zero-order valence-corrected chi connectivity index (χ0v) is 17.0. The van der Waals surface area contributed by atoms with E-state index in [-0.39, 0.29) is 0 Å². The molecule has 0 heterocycles. The Morgan fingerprint density at radius 2 is 0.714 bits per heavy atom. The van der Waals surface area contributed by atoms with Gasteiger partial charge in [0.15, 0.2) is 0 Å². The van der Waals surface area contributed by atoms with Gasteiger partial charge in [0.2, 0.25) is 0 Å². The molecule has 4 heteroatoms. The van der Waals surface area contributed by atoms with Crippen LogP contribution >= 0.6 is 0 Å². The van der Waals surface area contributed by atoms with Crippen molar-refractivity contribution in [2.45, 2.75) is 60.9 Å². The maximum absolute atomic E-state index is 2.60. The Kier molecular flexibility index (Phi) is 4.53. The Morgan fingerprint density at radius 1 is 0.571 bits per heavy atom. The first-order valence-electron chi connectivity index (χ1n) is 5.50. The third-order valence-corrected chi connectivity index (χ3v) is 40.2. The van der Waals surface area contributed by atoms with E-state index in [9.17, 15) is 0 Å². The fraction of sp³-hybridized carbons (Fsp3) is 1.00. The Labute approximate surface area is 109 Å². The molecule has 0 unspecified atom stereocenters. The van der Waals surface area contributed by atoms with Gasteiger partial charge in [-0.25, -0.2) is 0 Å². The van der Waals surface area contributed by atoms with Gasteiger partial charge in [-0.05, 0) is 0 Å². The first-order valence-corrected chi connectivity index (χ1v) is 17.2. The maximum atomic E-state index is 2.60. The average Bonchev–Trinajstić information content (AvgIpc) is 1.77. The van der Waals surface area contributed by atoms with Crippen LogP contribution in [0.5, 0.6) is 0 Å². The van der Waals surface area contributed by atoms with Crippen LogP contribution in [0.1, 0.15) is 0 Å². The molecule has 0 atom stereocenters. The van der Waals surface area contributed by atoms with Crippen LogP contribution in [-0.4, -0.2) is 24.2 Å². The van der Waals surface area contributed by atoms with Gasteiger partial charge in [0, 0.05) is 0 Å². The molecule has 0 aliphatic rings. The molecule has 0 nitrogen and oxygen atoms in total. The second-order valence-electron chi connectivity index (χ2n) is 7.50. The van der Waals surface area contributed by atoms with Crippen molar-refractivity contribution in [1.29, 1.82) is 0 Å². The summed E-state index contributed by atoms with van der Waals surface area (Å²) in [7, 11) is -3.05. The standard InChI is InChI=1S/C10H27Si3.Zr/c1-11(2,3)10(12(4,5)6)13(7,8)9;/h1-9H3;. The van der Waals surface area contributed by atoms with Crippen LogP contribution in [0.2, 0.25) is 60.9 Å². The predicted octanol–water partition coefficient (Wildman–Crippen LogP) is 4.32. The van der Waals surface area contributed by atoms with Crippen LogP contribution in [0.25, 0.3) is 0 Å². The van der Waals surface area contributed by atoms with Crippen molar-refractivity contribution in [2.24, 2.45) is 0 Å². The number of hydrogen-bond donors (Lipinski definition) is 0. The van der Waals surface area contributed by atoms with Crippen molar-refractivity contribution in [3.63, 3.8) is 0 Å². The average molecular weight is 323 g/mol. The molecule has 0 saturated heterocycles. The fourth-order valence-electron chi connectivity index (χ4n) is 3.38. The summed E-state index contributed by atoms with van der Waals surface area (Å²) in [6.07, 6.45) is 0. The van der Waals surface area contributed by atoms with Gasteiger partial charge >= 0.3 is 110 Å². The molecule has 14 heavy (non-hydrogen) atoms. The van der Waals surface area contributed by atoms with E-state index in [2.05, 4.69) is 58.9 Å². The van der Waals surface area contributed by atoms with Crippen LogP contribution in [0.3, 0.4) is 0 Å². The second kappa shape index (κ2) is 4.08. The van der Waals surface area contributed by atoms with Crippen LogP contribution in [0.4, 0.5) is 0 Å². The Balaban J connectivity index is 5.54. The molecule has 0 aromatic heterocycles. The van der Waals surface area contributed by atoms with Gasteiger partial charge in [0.1, 0.15) is 0 Å². The number of rotatable bonds is 3. The van der Waals surface area contributed by atoms with Crippen LogP contribution in [0, 0.1) is 0 Å². The van der Waals surface area contributed by atoms with E-state index >= 15 is 0 Å². The SMILES string of the molecule is C[Si](C)(C)[C]([Zr])([Si](C)(C)C)[Si](C)(C)C. The van der Waals surface area contributed by atoms with Gasteiger partial charge in [0.05, 0.1) is 0 Å². The van der Waals surface area contributed by atoms with Crippen molar-refractivity contribution < 1.29 is 24.7 Å². The third kappa shape index (κ3) is 2.61. The van der Waals surface area contributed by atoms with Gasteiger partial charge < -0.3 is 0 Å². The zero-order chi connectivity index (χ0) is 12.0. The van der Waals surface area contributed by atoms with Gasteiger partial charge in [-0.3, -0.25) is 0 Å². The minimum atomic E-state index is -1.02. The summed E-state index contributed by atoms with van der Waals surface area (Å²) in [5, 5.41) is 0. The molecule has 0 bridgehead atoms. The van der Waals surface area contributed by atoms with Crippen molar-refractivity contribution in [1.82, 2.24) is 0 Å². The topological polar surface area (TPSA) is 0 Å². The van der Waals surface area contributed by atoms with E-state index in [1.807, 2.05) is 24.7 Å². The molecule has 0 spiro atoms. The predicted molar refractivity (Wildman–Crippen MR) is 72.7 cm³/mol.